The van der Waals surface area contributed by atoms with Crippen LogP contribution in [0.4, 0.5) is 0 Å². The molecule has 3 N–H and O–H groups in total. The molecule has 5 heteroatoms. The Morgan fingerprint density at radius 2 is 2.07 bits per heavy atom. The van der Waals surface area contributed by atoms with Gasteiger partial charge in [-0.15, -0.1) is 0 Å². The smallest absolute Gasteiger partial charge is 0.223 e. The topological polar surface area (TPSA) is 72.2 Å². The molecule has 3 atom stereocenters. The summed E-state index contributed by atoms with van der Waals surface area (Å²) in [7, 11) is -0.865. The molecule has 0 saturated heterocycles. The number of rotatable bonds is 7. The molecular weight excluding hydrogens is 212 g/mol. The molecule has 1 amide bonds. The third-order valence-corrected chi connectivity index (χ3v) is 3.13. The van der Waals surface area contributed by atoms with Gasteiger partial charge in [-0.25, -0.2) is 0 Å². The van der Waals surface area contributed by atoms with Gasteiger partial charge in [-0.2, -0.15) is 0 Å². The highest BCUT2D eigenvalue weighted by atomic mass is 32.2. The Kier molecular flexibility index (Phi) is 7.60. The number of nitrogens with two attached hydrogens (primary N) is 1. The van der Waals surface area contributed by atoms with Crippen LogP contribution in [0.5, 0.6) is 0 Å². The van der Waals surface area contributed by atoms with Gasteiger partial charge in [0.2, 0.25) is 5.91 Å². The van der Waals surface area contributed by atoms with Crippen molar-refractivity contribution in [3.8, 4) is 0 Å². The van der Waals surface area contributed by atoms with E-state index in [4.69, 9.17) is 5.73 Å². The standard InChI is InChI=1S/C10H22N2O2S/c1-8(5-4-6-11)10(13)12-9(2)7-15(3)14/h8-9H,4-7,11H2,1-3H3,(H,12,13). The number of carbonyl (C=O) groups is 1. The van der Waals surface area contributed by atoms with Gasteiger partial charge in [0, 0.05) is 34.8 Å². The first kappa shape index (κ1) is 14.6. The number of nitrogens with one attached hydrogen (secondary N) is 1. The fourth-order valence-corrected chi connectivity index (χ4v) is 2.12. The molecule has 0 spiro atoms. The van der Waals surface area contributed by atoms with Crippen LogP contribution in [0.25, 0.3) is 0 Å². The summed E-state index contributed by atoms with van der Waals surface area (Å²) in [5, 5.41) is 2.85. The van der Waals surface area contributed by atoms with Gasteiger partial charge in [0.25, 0.3) is 0 Å². The SMILES string of the molecule is CC(CS(C)=O)NC(=O)C(C)CCCN. The van der Waals surface area contributed by atoms with Crippen LogP contribution in [0.2, 0.25) is 0 Å². The summed E-state index contributed by atoms with van der Waals surface area (Å²) >= 11 is 0. The number of amides is 1. The van der Waals surface area contributed by atoms with Crippen molar-refractivity contribution in [1.29, 1.82) is 0 Å². The van der Waals surface area contributed by atoms with Crippen LogP contribution in [-0.2, 0) is 15.6 Å². The molecule has 0 aromatic carbocycles. The van der Waals surface area contributed by atoms with Crippen LogP contribution >= 0.6 is 0 Å². The number of hydrogen-bond acceptors (Lipinski definition) is 3. The maximum absolute atomic E-state index is 11.6. The van der Waals surface area contributed by atoms with Gasteiger partial charge >= 0.3 is 0 Å². The molecule has 3 unspecified atom stereocenters. The van der Waals surface area contributed by atoms with Gasteiger partial charge in [0.1, 0.15) is 0 Å². The van der Waals surface area contributed by atoms with Gasteiger partial charge in [-0.05, 0) is 26.3 Å². The lowest BCUT2D eigenvalue weighted by atomic mass is 10.0. The highest BCUT2D eigenvalue weighted by Gasteiger charge is 2.15. The fourth-order valence-electron chi connectivity index (χ4n) is 1.33. The fraction of sp³-hybridized carbons (Fsp3) is 0.900. The summed E-state index contributed by atoms with van der Waals surface area (Å²) in [6.07, 6.45) is 3.31. The molecule has 0 fully saturated rings. The first-order valence-electron chi connectivity index (χ1n) is 5.27. The Bertz CT molecular complexity index is 221. The first-order chi connectivity index (χ1) is 6.97. The second-order valence-electron chi connectivity index (χ2n) is 3.98. The zero-order valence-corrected chi connectivity index (χ0v) is 10.6. The van der Waals surface area contributed by atoms with E-state index in [1.165, 1.54) is 0 Å². The maximum atomic E-state index is 11.6. The molecule has 4 nitrogen and oxygen atoms in total. The van der Waals surface area contributed by atoms with Crippen molar-refractivity contribution in [3.05, 3.63) is 0 Å². The Morgan fingerprint density at radius 3 is 2.53 bits per heavy atom. The highest BCUT2D eigenvalue weighted by Crippen LogP contribution is 2.04. The van der Waals surface area contributed by atoms with Crippen molar-refractivity contribution in [2.75, 3.05) is 18.6 Å². The van der Waals surface area contributed by atoms with E-state index in [1.54, 1.807) is 6.26 Å². The van der Waals surface area contributed by atoms with Crippen molar-refractivity contribution < 1.29 is 9.00 Å². The number of carbonyl (C=O) groups excluding carboxylic acids is 1. The molecule has 0 aromatic heterocycles. The molecule has 0 heterocycles. The minimum absolute atomic E-state index is 0.0127. The molecule has 0 aliphatic rings. The lowest BCUT2D eigenvalue weighted by Crippen LogP contribution is -2.39. The van der Waals surface area contributed by atoms with Crippen LogP contribution in [0.3, 0.4) is 0 Å². The van der Waals surface area contributed by atoms with Crippen LogP contribution < -0.4 is 11.1 Å². The summed E-state index contributed by atoms with van der Waals surface area (Å²) in [6.45, 7) is 4.38. The van der Waals surface area contributed by atoms with E-state index >= 15 is 0 Å². The molecule has 0 bridgehead atoms. The van der Waals surface area contributed by atoms with Crippen LogP contribution in [-0.4, -0.2) is 34.7 Å². The van der Waals surface area contributed by atoms with Crippen LogP contribution in [0.1, 0.15) is 26.7 Å². The average Bonchev–Trinajstić information content (AvgIpc) is 2.12. The van der Waals surface area contributed by atoms with Crippen molar-refractivity contribution in [2.45, 2.75) is 32.7 Å². The normalized spacial score (nSPS) is 16.8. The molecular formula is C10H22N2O2S. The van der Waals surface area contributed by atoms with E-state index in [0.717, 1.165) is 12.8 Å². The van der Waals surface area contributed by atoms with Crippen molar-refractivity contribution in [1.82, 2.24) is 5.32 Å². The highest BCUT2D eigenvalue weighted by molar-refractivity contribution is 7.84. The van der Waals surface area contributed by atoms with Gasteiger partial charge in [0.05, 0.1) is 0 Å². The minimum atomic E-state index is -0.865. The molecule has 0 aromatic rings. The molecule has 0 saturated carbocycles. The molecule has 0 rings (SSSR count). The molecule has 0 aliphatic carbocycles. The van der Waals surface area contributed by atoms with E-state index < -0.39 is 10.8 Å². The monoisotopic (exact) mass is 234 g/mol. The second kappa shape index (κ2) is 7.82. The third kappa shape index (κ3) is 7.50. The summed E-state index contributed by atoms with van der Waals surface area (Å²) < 4.78 is 10.9. The number of hydrogen-bond donors (Lipinski definition) is 2. The third-order valence-electron chi connectivity index (χ3n) is 2.16. The molecule has 15 heavy (non-hydrogen) atoms. The molecule has 0 aliphatic heterocycles. The van der Waals surface area contributed by atoms with Crippen molar-refractivity contribution in [3.63, 3.8) is 0 Å². The Labute approximate surface area is 94.4 Å². The molecule has 90 valence electrons. The Morgan fingerprint density at radius 1 is 1.47 bits per heavy atom. The van der Waals surface area contributed by atoms with Crippen molar-refractivity contribution in [2.24, 2.45) is 11.7 Å². The lowest BCUT2D eigenvalue weighted by molar-refractivity contribution is -0.125. The lowest BCUT2D eigenvalue weighted by Gasteiger charge is -2.16. The van der Waals surface area contributed by atoms with Gasteiger partial charge in [0.15, 0.2) is 0 Å². The largest absolute Gasteiger partial charge is 0.352 e. The summed E-state index contributed by atoms with van der Waals surface area (Å²) in [4.78, 5) is 11.6. The van der Waals surface area contributed by atoms with Gasteiger partial charge in [-0.1, -0.05) is 6.92 Å². The van der Waals surface area contributed by atoms with E-state index in [-0.39, 0.29) is 17.9 Å². The van der Waals surface area contributed by atoms with Gasteiger partial charge < -0.3 is 11.1 Å². The zero-order chi connectivity index (χ0) is 11.8. The predicted molar refractivity (Wildman–Crippen MR) is 64.0 cm³/mol. The van der Waals surface area contributed by atoms with E-state index in [1.807, 2.05) is 13.8 Å². The molecule has 0 radical (unpaired) electrons. The quantitative estimate of drug-likeness (QED) is 0.663. The second-order valence-corrected chi connectivity index (χ2v) is 5.46. The zero-order valence-electron chi connectivity index (χ0n) is 9.79. The predicted octanol–water partition coefficient (Wildman–Crippen LogP) is 0.245. The van der Waals surface area contributed by atoms with Crippen molar-refractivity contribution >= 4 is 16.7 Å². The van der Waals surface area contributed by atoms with E-state index in [0.29, 0.717) is 12.3 Å². The minimum Gasteiger partial charge on any atom is -0.352 e. The summed E-state index contributed by atoms with van der Waals surface area (Å²) in [6, 6.07) is -0.0244. The Hall–Kier alpha value is -0.420. The van der Waals surface area contributed by atoms with E-state index in [9.17, 15) is 9.00 Å². The first-order valence-corrected chi connectivity index (χ1v) is 7.00. The maximum Gasteiger partial charge on any atom is 0.223 e. The Balaban J connectivity index is 3.85. The van der Waals surface area contributed by atoms with Crippen LogP contribution in [0.15, 0.2) is 0 Å². The van der Waals surface area contributed by atoms with E-state index in [2.05, 4.69) is 5.32 Å². The summed E-state index contributed by atoms with van der Waals surface area (Å²) in [5.74, 6) is 0.526. The van der Waals surface area contributed by atoms with Crippen LogP contribution in [0, 0.1) is 5.92 Å². The average molecular weight is 234 g/mol. The van der Waals surface area contributed by atoms with Gasteiger partial charge in [-0.3, -0.25) is 9.00 Å². The summed E-state index contributed by atoms with van der Waals surface area (Å²) in [5.41, 5.74) is 5.37.